The van der Waals surface area contributed by atoms with Crippen molar-refractivity contribution in [2.24, 2.45) is 0 Å². The third-order valence-electron chi connectivity index (χ3n) is 4.57. The standard InChI is InChI=1S/C22H14N2O5/c1-27-22(26)15-8-4-10-17-19(15)24-21(29-17)14-7-3-9-16-18(14)23-20(28-16)12-5-2-6-13(25)11-12/h2-11,25H,1H3. The minimum Gasteiger partial charge on any atom is -0.508 e. The molecule has 0 saturated carbocycles. The second kappa shape index (κ2) is 6.49. The molecule has 7 heteroatoms. The Labute approximate surface area is 164 Å². The summed E-state index contributed by atoms with van der Waals surface area (Å²) in [6.07, 6.45) is 0. The number of aromatic hydroxyl groups is 1. The zero-order valence-electron chi connectivity index (χ0n) is 15.2. The Kier molecular flexibility index (Phi) is 3.80. The van der Waals surface area contributed by atoms with Crippen molar-refractivity contribution in [2.75, 3.05) is 7.11 Å². The van der Waals surface area contributed by atoms with Crippen LogP contribution in [0.25, 0.3) is 45.1 Å². The van der Waals surface area contributed by atoms with E-state index in [2.05, 4.69) is 9.97 Å². The van der Waals surface area contributed by atoms with Crippen LogP contribution in [0.3, 0.4) is 0 Å². The smallest absolute Gasteiger partial charge is 0.340 e. The van der Waals surface area contributed by atoms with E-state index in [1.54, 1.807) is 48.5 Å². The minimum absolute atomic E-state index is 0.124. The lowest BCUT2D eigenvalue weighted by molar-refractivity contribution is 0.0602. The third-order valence-corrected chi connectivity index (χ3v) is 4.57. The molecule has 0 spiro atoms. The average Bonchev–Trinajstić information content (AvgIpc) is 3.37. The van der Waals surface area contributed by atoms with Crippen molar-refractivity contribution in [1.29, 1.82) is 0 Å². The van der Waals surface area contributed by atoms with Gasteiger partial charge in [0.25, 0.3) is 0 Å². The number of carbonyl (C=O) groups excluding carboxylic acids is 1. The summed E-state index contributed by atoms with van der Waals surface area (Å²) < 4.78 is 16.6. The Morgan fingerprint density at radius 1 is 0.897 bits per heavy atom. The number of rotatable bonds is 3. The summed E-state index contributed by atoms with van der Waals surface area (Å²) in [6, 6.07) is 17.2. The lowest BCUT2D eigenvalue weighted by Crippen LogP contribution is -2.01. The molecule has 7 nitrogen and oxygen atoms in total. The summed E-state index contributed by atoms with van der Waals surface area (Å²) in [5, 5.41) is 9.72. The van der Waals surface area contributed by atoms with Gasteiger partial charge >= 0.3 is 5.97 Å². The third kappa shape index (κ3) is 2.80. The highest BCUT2D eigenvalue weighted by Gasteiger charge is 2.20. The molecule has 2 aromatic heterocycles. The molecule has 29 heavy (non-hydrogen) atoms. The summed E-state index contributed by atoms with van der Waals surface area (Å²) in [5.41, 5.74) is 3.61. The van der Waals surface area contributed by atoms with Crippen LogP contribution in [-0.4, -0.2) is 28.2 Å². The molecule has 5 rings (SSSR count). The highest BCUT2D eigenvalue weighted by molar-refractivity contribution is 6.02. The Hall–Kier alpha value is -4.13. The molecule has 3 aromatic carbocycles. The van der Waals surface area contributed by atoms with E-state index < -0.39 is 5.97 Å². The van der Waals surface area contributed by atoms with Crippen LogP contribution in [0.2, 0.25) is 0 Å². The fraction of sp³-hybridized carbons (Fsp3) is 0.0455. The van der Waals surface area contributed by atoms with Gasteiger partial charge in [0.05, 0.1) is 18.2 Å². The quantitative estimate of drug-likeness (QED) is 0.445. The zero-order valence-corrected chi connectivity index (χ0v) is 15.2. The molecule has 0 aliphatic rings. The number of phenols is 1. The van der Waals surface area contributed by atoms with Crippen LogP contribution in [0.4, 0.5) is 0 Å². The van der Waals surface area contributed by atoms with Crippen LogP contribution in [0.15, 0.2) is 69.5 Å². The van der Waals surface area contributed by atoms with Gasteiger partial charge in [-0.25, -0.2) is 14.8 Å². The van der Waals surface area contributed by atoms with Gasteiger partial charge in [-0.2, -0.15) is 0 Å². The number of esters is 1. The lowest BCUT2D eigenvalue weighted by Gasteiger charge is -1.97. The number of hydrogen-bond acceptors (Lipinski definition) is 7. The number of benzene rings is 3. The van der Waals surface area contributed by atoms with E-state index in [0.29, 0.717) is 50.7 Å². The van der Waals surface area contributed by atoms with Gasteiger partial charge in [0.1, 0.15) is 16.8 Å². The molecule has 5 aromatic rings. The fourth-order valence-electron chi connectivity index (χ4n) is 3.22. The minimum atomic E-state index is -0.485. The summed E-state index contributed by atoms with van der Waals surface area (Å²) in [6.45, 7) is 0. The van der Waals surface area contributed by atoms with Crippen molar-refractivity contribution in [2.45, 2.75) is 0 Å². The lowest BCUT2D eigenvalue weighted by atomic mass is 10.2. The predicted molar refractivity (Wildman–Crippen MR) is 105 cm³/mol. The molecule has 0 atom stereocenters. The van der Waals surface area contributed by atoms with Gasteiger partial charge in [-0.1, -0.05) is 18.2 Å². The van der Waals surface area contributed by atoms with Crippen LogP contribution >= 0.6 is 0 Å². The number of fused-ring (bicyclic) bond motifs is 2. The van der Waals surface area contributed by atoms with Crippen molar-refractivity contribution < 1.29 is 23.5 Å². The number of aromatic nitrogens is 2. The summed E-state index contributed by atoms with van der Waals surface area (Å²) >= 11 is 0. The Morgan fingerprint density at radius 3 is 2.38 bits per heavy atom. The molecular formula is C22H14N2O5. The first-order valence-corrected chi connectivity index (χ1v) is 8.81. The molecule has 0 radical (unpaired) electrons. The van der Waals surface area contributed by atoms with Crippen molar-refractivity contribution in [3.8, 4) is 28.7 Å². The van der Waals surface area contributed by atoms with Crippen molar-refractivity contribution in [1.82, 2.24) is 9.97 Å². The Bertz CT molecular complexity index is 1380. The largest absolute Gasteiger partial charge is 0.508 e. The van der Waals surface area contributed by atoms with E-state index >= 15 is 0 Å². The number of ether oxygens (including phenoxy) is 1. The zero-order chi connectivity index (χ0) is 20.0. The molecule has 0 aliphatic heterocycles. The number of oxazole rings is 2. The number of phenolic OH excluding ortho intramolecular Hbond substituents is 1. The molecule has 2 heterocycles. The molecule has 1 N–H and O–H groups in total. The molecular weight excluding hydrogens is 372 g/mol. The van der Waals surface area contributed by atoms with Crippen LogP contribution in [0, 0.1) is 0 Å². The summed E-state index contributed by atoms with van der Waals surface area (Å²) in [5.74, 6) is 0.327. The van der Waals surface area contributed by atoms with Crippen molar-refractivity contribution >= 4 is 28.2 Å². The molecule has 0 bridgehead atoms. The van der Waals surface area contributed by atoms with Crippen molar-refractivity contribution in [3.05, 3.63) is 66.2 Å². The molecule has 0 aliphatic carbocycles. The topological polar surface area (TPSA) is 98.6 Å². The summed E-state index contributed by atoms with van der Waals surface area (Å²) in [7, 11) is 1.32. The number of methoxy groups -OCH3 is 1. The van der Waals surface area contributed by atoms with Crippen LogP contribution in [0.1, 0.15) is 10.4 Å². The highest BCUT2D eigenvalue weighted by atomic mass is 16.5. The monoisotopic (exact) mass is 386 g/mol. The Balaban J connectivity index is 1.68. The van der Waals surface area contributed by atoms with E-state index in [9.17, 15) is 9.90 Å². The van der Waals surface area contributed by atoms with Gasteiger partial charge < -0.3 is 18.7 Å². The maximum absolute atomic E-state index is 12.0. The second-order valence-electron chi connectivity index (χ2n) is 6.38. The highest BCUT2D eigenvalue weighted by Crippen LogP contribution is 2.34. The molecule has 0 amide bonds. The van der Waals surface area contributed by atoms with Gasteiger partial charge in [-0.05, 0) is 42.5 Å². The first-order chi connectivity index (χ1) is 14.1. The number of nitrogens with zero attached hydrogens (tertiary/aromatic N) is 2. The van der Waals surface area contributed by atoms with Gasteiger partial charge in [0.2, 0.25) is 11.8 Å². The fourth-order valence-corrected chi connectivity index (χ4v) is 3.22. The van der Waals surface area contributed by atoms with Crippen LogP contribution in [-0.2, 0) is 4.74 Å². The van der Waals surface area contributed by atoms with Gasteiger partial charge in [-0.3, -0.25) is 0 Å². The number of para-hydroxylation sites is 2. The number of carbonyl (C=O) groups is 1. The number of hydrogen-bond donors (Lipinski definition) is 1. The average molecular weight is 386 g/mol. The van der Waals surface area contributed by atoms with E-state index in [0.717, 1.165) is 0 Å². The van der Waals surface area contributed by atoms with E-state index in [1.165, 1.54) is 7.11 Å². The van der Waals surface area contributed by atoms with E-state index in [-0.39, 0.29) is 5.75 Å². The van der Waals surface area contributed by atoms with E-state index in [1.807, 2.05) is 12.1 Å². The second-order valence-corrected chi connectivity index (χ2v) is 6.38. The van der Waals surface area contributed by atoms with Gasteiger partial charge in [-0.15, -0.1) is 0 Å². The maximum Gasteiger partial charge on any atom is 0.340 e. The Morgan fingerprint density at radius 2 is 1.59 bits per heavy atom. The van der Waals surface area contributed by atoms with Crippen LogP contribution < -0.4 is 0 Å². The first-order valence-electron chi connectivity index (χ1n) is 8.81. The summed E-state index contributed by atoms with van der Waals surface area (Å²) in [4.78, 5) is 21.1. The SMILES string of the molecule is COC(=O)c1cccc2oc(-c3cccc4oc(-c5cccc(O)c5)nc34)nc12. The maximum atomic E-state index is 12.0. The molecule has 0 unspecified atom stereocenters. The van der Waals surface area contributed by atoms with Crippen molar-refractivity contribution in [3.63, 3.8) is 0 Å². The first kappa shape index (κ1) is 17.0. The molecule has 0 saturated heterocycles. The van der Waals surface area contributed by atoms with Gasteiger partial charge in [0.15, 0.2) is 11.2 Å². The van der Waals surface area contributed by atoms with Crippen LogP contribution in [0.5, 0.6) is 5.75 Å². The molecule has 142 valence electrons. The molecule has 0 fully saturated rings. The predicted octanol–water partition coefficient (Wildman–Crippen LogP) is 4.80. The normalized spacial score (nSPS) is 11.2. The van der Waals surface area contributed by atoms with Gasteiger partial charge in [0, 0.05) is 5.56 Å². The van der Waals surface area contributed by atoms with E-state index in [4.69, 9.17) is 13.6 Å².